The van der Waals surface area contributed by atoms with Crippen molar-refractivity contribution in [3.05, 3.63) is 23.2 Å². The molecule has 6 heteroatoms. The highest BCUT2D eigenvalue weighted by Gasteiger charge is 2.40. The Kier molecular flexibility index (Phi) is 4.84. The number of likely N-dealkylation sites (tertiary alicyclic amines) is 1. The molecule has 0 aliphatic carbocycles. The van der Waals surface area contributed by atoms with Crippen molar-refractivity contribution in [3.8, 4) is 0 Å². The van der Waals surface area contributed by atoms with Crippen LogP contribution in [0.5, 0.6) is 0 Å². The van der Waals surface area contributed by atoms with Gasteiger partial charge in [-0.15, -0.1) is 0 Å². The van der Waals surface area contributed by atoms with Crippen LogP contribution in [0, 0.1) is 25.7 Å². The average Bonchev–Trinajstić information content (AvgIpc) is 3.24. The van der Waals surface area contributed by atoms with Crippen molar-refractivity contribution in [2.24, 2.45) is 11.8 Å². The summed E-state index contributed by atoms with van der Waals surface area (Å²) >= 11 is 0. The molecule has 3 atom stereocenters. The first kappa shape index (κ1) is 17.1. The van der Waals surface area contributed by atoms with Gasteiger partial charge < -0.3 is 9.15 Å². The third-order valence-electron chi connectivity index (χ3n) is 5.79. The highest BCUT2D eigenvalue weighted by atomic mass is 16.7. The number of fused-ring (bicyclic) bond motifs is 1. The van der Waals surface area contributed by atoms with Crippen molar-refractivity contribution in [1.82, 2.24) is 9.96 Å². The first-order valence-electron chi connectivity index (χ1n) is 9.44. The quantitative estimate of drug-likeness (QED) is 0.839. The largest absolute Gasteiger partial charge is 0.465 e. The molecule has 3 aliphatic heterocycles. The second-order valence-electron chi connectivity index (χ2n) is 7.67. The van der Waals surface area contributed by atoms with Crippen molar-refractivity contribution in [2.45, 2.75) is 45.8 Å². The van der Waals surface area contributed by atoms with E-state index in [4.69, 9.17) is 14.0 Å². The van der Waals surface area contributed by atoms with Gasteiger partial charge in [0, 0.05) is 13.1 Å². The average molecular weight is 348 g/mol. The lowest BCUT2D eigenvalue weighted by Gasteiger charge is -2.43. The van der Waals surface area contributed by atoms with Gasteiger partial charge in [0.15, 0.2) is 0 Å². The molecule has 1 aromatic heterocycles. The van der Waals surface area contributed by atoms with Crippen LogP contribution in [0.4, 0.5) is 0 Å². The number of carbonyl (C=O) groups is 1. The number of ether oxygens (including phenoxy) is 1. The Bertz CT molecular complexity index is 603. The van der Waals surface area contributed by atoms with E-state index in [1.165, 1.54) is 5.56 Å². The normalized spacial score (nSPS) is 30.5. The van der Waals surface area contributed by atoms with E-state index in [1.807, 2.05) is 6.92 Å². The number of piperidine rings is 1. The summed E-state index contributed by atoms with van der Waals surface area (Å²) in [6.07, 6.45) is 3.15. The molecule has 3 fully saturated rings. The van der Waals surface area contributed by atoms with Crippen LogP contribution in [0.15, 0.2) is 10.5 Å². The van der Waals surface area contributed by atoms with E-state index >= 15 is 0 Å². The molecule has 0 aromatic carbocycles. The Labute approximate surface area is 149 Å². The van der Waals surface area contributed by atoms with Crippen molar-refractivity contribution >= 4 is 5.91 Å². The fraction of sp³-hybridized carbons (Fsp3) is 0.737. The molecular formula is C19H28N2O4. The Balaban J connectivity index is 1.35. The van der Waals surface area contributed by atoms with Gasteiger partial charge in [0.25, 0.3) is 5.91 Å². The summed E-state index contributed by atoms with van der Waals surface area (Å²) in [6.45, 7) is 8.83. The first-order chi connectivity index (χ1) is 12.1. The van der Waals surface area contributed by atoms with Crippen LogP contribution in [0.25, 0.3) is 0 Å². The Morgan fingerprint density at radius 2 is 2.20 bits per heavy atom. The molecule has 0 radical (unpaired) electrons. The summed E-state index contributed by atoms with van der Waals surface area (Å²) in [5.74, 6) is 2.49. The van der Waals surface area contributed by atoms with E-state index in [-0.39, 0.29) is 11.8 Å². The second kappa shape index (κ2) is 7.09. The molecule has 4 heterocycles. The maximum absolute atomic E-state index is 12.6. The minimum Gasteiger partial charge on any atom is -0.465 e. The predicted octanol–water partition coefficient (Wildman–Crippen LogP) is 2.29. The molecule has 3 aliphatic rings. The number of aryl methyl sites for hydroxylation is 2. The highest BCUT2D eigenvalue weighted by molar-refractivity contribution is 5.78. The minimum atomic E-state index is -0.0626. The maximum atomic E-state index is 12.6. The van der Waals surface area contributed by atoms with Crippen molar-refractivity contribution < 1.29 is 18.8 Å². The topological polar surface area (TPSA) is 55.2 Å². The van der Waals surface area contributed by atoms with E-state index in [9.17, 15) is 4.79 Å². The molecule has 0 spiro atoms. The van der Waals surface area contributed by atoms with Gasteiger partial charge in [-0.25, -0.2) is 5.06 Å². The third-order valence-corrected chi connectivity index (χ3v) is 5.79. The smallest absolute Gasteiger partial charge is 0.251 e. The fourth-order valence-corrected chi connectivity index (χ4v) is 4.29. The van der Waals surface area contributed by atoms with Crippen LogP contribution < -0.4 is 0 Å². The van der Waals surface area contributed by atoms with Crippen LogP contribution in [0.2, 0.25) is 0 Å². The third kappa shape index (κ3) is 3.61. The number of hydroxylamine groups is 2. The van der Waals surface area contributed by atoms with Crippen molar-refractivity contribution in [1.29, 1.82) is 0 Å². The molecule has 0 bridgehead atoms. The van der Waals surface area contributed by atoms with Crippen LogP contribution in [-0.2, 0) is 20.9 Å². The van der Waals surface area contributed by atoms with E-state index in [1.54, 1.807) is 5.06 Å². The summed E-state index contributed by atoms with van der Waals surface area (Å²) in [5, 5.41) is 1.54. The molecule has 138 valence electrons. The van der Waals surface area contributed by atoms with Gasteiger partial charge in [-0.1, -0.05) is 0 Å². The molecule has 6 nitrogen and oxygen atoms in total. The zero-order valence-electron chi connectivity index (χ0n) is 15.2. The lowest BCUT2D eigenvalue weighted by molar-refractivity contribution is -0.183. The van der Waals surface area contributed by atoms with Gasteiger partial charge in [-0.2, -0.15) is 0 Å². The first-order valence-corrected chi connectivity index (χ1v) is 9.44. The minimum absolute atomic E-state index is 0.0626. The number of furan rings is 1. The number of hydrogen-bond acceptors (Lipinski definition) is 5. The van der Waals surface area contributed by atoms with Crippen molar-refractivity contribution in [2.75, 3.05) is 32.8 Å². The van der Waals surface area contributed by atoms with Crippen molar-refractivity contribution in [3.63, 3.8) is 0 Å². The Morgan fingerprint density at radius 1 is 1.32 bits per heavy atom. The Hall–Kier alpha value is -1.37. The van der Waals surface area contributed by atoms with E-state index in [0.29, 0.717) is 31.8 Å². The van der Waals surface area contributed by atoms with Gasteiger partial charge in [0.2, 0.25) is 0 Å². The number of carbonyl (C=O) groups excluding carboxylic acids is 1. The van der Waals surface area contributed by atoms with Crippen LogP contribution in [0.1, 0.15) is 36.3 Å². The molecule has 25 heavy (non-hydrogen) atoms. The zero-order valence-corrected chi connectivity index (χ0v) is 15.2. The Morgan fingerprint density at radius 3 is 2.92 bits per heavy atom. The SMILES string of the molecule is Cc1cc(CN2CC[C@@H]3OC[C@H](C(=O)N4CCCO4)C[C@H]3C2)oc1C. The molecule has 1 aromatic rings. The van der Waals surface area contributed by atoms with Gasteiger partial charge in [0.1, 0.15) is 11.5 Å². The zero-order chi connectivity index (χ0) is 17.4. The van der Waals surface area contributed by atoms with Crippen LogP contribution >= 0.6 is 0 Å². The number of hydrogen-bond donors (Lipinski definition) is 0. The molecule has 0 saturated carbocycles. The number of nitrogens with zero attached hydrogens (tertiary/aromatic N) is 2. The fourth-order valence-electron chi connectivity index (χ4n) is 4.29. The lowest BCUT2D eigenvalue weighted by atomic mass is 9.83. The maximum Gasteiger partial charge on any atom is 0.251 e. The molecule has 3 saturated heterocycles. The van der Waals surface area contributed by atoms with Gasteiger partial charge in [-0.05, 0) is 50.7 Å². The van der Waals surface area contributed by atoms with E-state index < -0.39 is 0 Å². The summed E-state index contributed by atoms with van der Waals surface area (Å²) < 4.78 is 11.9. The van der Waals surface area contributed by atoms with Crippen LogP contribution in [-0.4, -0.2) is 54.8 Å². The molecule has 1 amide bonds. The monoisotopic (exact) mass is 348 g/mol. The predicted molar refractivity (Wildman–Crippen MR) is 91.7 cm³/mol. The molecule has 0 N–H and O–H groups in total. The second-order valence-corrected chi connectivity index (χ2v) is 7.67. The van der Waals surface area contributed by atoms with E-state index in [2.05, 4.69) is 17.9 Å². The lowest BCUT2D eigenvalue weighted by Crippen LogP contribution is -2.50. The summed E-state index contributed by atoms with van der Waals surface area (Å²) in [4.78, 5) is 20.4. The summed E-state index contributed by atoms with van der Waals surface area (Å²) in [7, 11) is 0. The van der Waals surface area contributed by atoms with Gasteiger partial charge in [-0.3, -0.25) is 14.5 Å². The number of rotatable bonds is 3. The standard InChI is InChI=1S/C19H28N2O4/c1-13-8-17(25-14(13)2)11-20-6-4-18-15(10-20)9-16(12-23-18)19(22)21-5-3-7-24-21/h8,15-16,18H,3-7,9-12H2,1-2H3/t15-,16+,18-/m0/s1. The van der Waals surface area contributed by atoms with Gasteiger partial charge >= 0.3 is 0 Å². The highest BCUT2D eigenvalue weighted by Crippen LogP contribution is 2.33. The van der Waals surface area contributed by atoms with Gasteiger partial charge in [0.05, 0.1) is 38.3 Å². The molecular weight excluding hydrogens is 320 g/mol. The van der Waals surface area contributed by atoms with Crippen LogP contribution in [0.3, 0.4) is 0 Å². The molecule has 4 rings (SSSR count). The summed E-state index contributed by atoms with van der Waals surface area (Å²) in [5.41, 5.74) is 1.21. The molecule has 0 unspecified atom stereocenters. The van der Waals surface area contributed by atoms with E-state index in [0.717, 1.165) is 50.4 Å². The summed E-state index contributed by atoms with van der Waals surface area (Å²) in [6, 6.07) is 2.13. The number of amides is 1.